The van der Waals surface area contributed by atoms with E-state index in [1.807, 2.05) is 17.9 Å². The van der Waals surface area contributed by atoms with E-state index in [1.165, 1.54) is 0 Å². The van der Waals surface area contributed by atoms with Crippen LogP contribution in [-0.4, -0.2) is 47.9 Å². The number of aromatic nitrogens is 1. The molecule has 0 aromatic carbocycles. The van der Waals surface area contributed by atoms with Gasteiger partial charge in [-0.3, -0.25) is 14.5 Å². The maximum atomic E-state index is 12.4. The number of amides is 2. The van der Waals surface area contributed by atoms with Crippen LogP contribution >= 0.6 is 15.9 Å². The zero-order valence-electron chi connectivity index (χ0n) is 13.3. The van der Waals surface area contributed by atoms with E-state index in [-0.39, 0.29) is 17.7 Å². The van der Waals surface area contributed by atoms with Crippen LogP contribution in [0.4, 0.5) is 5.82 Å². The van der Waals surface area contributed by atoms with Gasteiger partial charge in [0.05, 0.1) is 12.5 Å². The summed E-state index contributed by atoms with van der Waals surface area (Å²) < 4.78 is 0.873. The maximum absolute atomic E-state index is 12.4. The minimum atomic E-state index is -0.104. The number of nitrogens with one attached hydrogen (secondary N) is 2. The van der Waals surface area contributed by atoms with Crippen LogP contribution in [0.3, 0.4) is 0 Å². The summed E-state index contributed by atoms with van der Waals surface area (Å²) in [5, 5.41) is 5.72. The Morgan fingerprint density at radius 2 is 2.26 bits per heavy atom. The molecule has 0 bridgehead atoms. The molecule has 2 rings (SSSR count). The molecule has 1 atom stereocenters. The van der Waals surface area contributed by atoms with Gasteiger partial charge < -0.3 is 10.6 Å². The molecular formula is C16H23BrN4O2. The molecule has 1 unspecified atom stereocenters. The lowest BCUT2D eigenvalue weighted by atomic mass is 9.97. The van der Waals surface area contributed by atoms with Gasteiger partial charge in [-0.05, 0) is 53.9 Å². The van der Waals surface area contributed by atoms with Gasteiger partial charge in [0.1, 0.15) is 5.82 Å². The second-order valence-corrected chi connectivity index (χ2v) is 6.69. The molecule has 0 aliphatic carbocycles. The number of carbonyl (C=O) groups excluding carboxylic acids is 2. The van der Waals surface area contributed by atoms with Crippen LogP contribution in [0, 0.1) is 5.92 Å². The Bertz CT molecular complexity index is 535. The molecule has 1 aromatic heterocycles. The van der Waals surface area contributed by atoms with E-state index >= 15 is 0 Å². The summed E-state index contributed by atoms with van der Waals surface area (Å²) in [5.41, 5.74) is 0. The number of hydrogen-bond donors (Lipinski definition) is 2. The Balaban J connectivity index is 1.83. The number of pyridine rings is 1. The molecule has 7 heteroatoms. The van der Waals surface area contributed by atoms with Crippen molar-refractivity contribution in [2.45, 2.75) is 26.2 Å². The van der Waals surface area contributed by atoms with E-state index in [9.17, 15) is 9.59 Å². The number of rotatable bonds is 6. The maximum Gasteiger partial charge on any atom is 0.234 e. The minimum Gasteiger partial charge on any atom is -0.355 e. The molecule has 2 amide bonds. The van der Waals surface area contributed by atoms with Gasteiger partial charge in [-0.2, -0.15) is 0 Å². The Morgan fingerprint density at radius 3 is 2.96 bits per heavy atom. The molecule has 1 aliphatic heterocycles. The van der Waals surface area contributed by atoms with E-state index < -0.39 is 0 Å². The molecule has 0 radical (unpaired) electrons. The highest BCUT2D eigenvalue weighted by atomic mass is 79.9. The van der Waals surface area contributed by atoms with Crippen molar-refractivity contribution in [3.05, 3.63) is 22.8 Å². The monoisotopic (exact) mass is 382 g/mol. The molecule has 0 spiro atoms. The summed E-state index contributed by atoms with van der Waals surface area (Å²) in [5.74, 6) is 0.449. The van der Waals surface area contributed by atoms with Crippen molar-refractivity contribution in [3.63, 3.8) is 0 Å². The first-order valence-corrected chi connectivity index (χ1v) is 8.79. The van der Waals surface area contributed by atoms with Crippen molar-refractivity contribution < 1.29 is 9.59 Å². The Labute approximate surface area is 145 Å². The van der Waals surface area contributed by atoms with E-state index in [4.69, 9.17) is 0 Å². The Hall–Kier alpha value is -1.47. The van der Waals surface area contributed by atoms with E-state index in [1.54, 1.807) is 12.3 Å². The summed E-state index contributed by atoms with van der Waals surface area (Å²) in [6.45, 7) is 4.56. The first kappa shape index (κ1) is 17.9. The normalized spacial score (nSPS) is 18.4. The van der Waals surface area contributed by atoms with Crippen molar-refractivity contribution >= 4 is 33.6 Å². The third-order valence-electron chi connectivity index (χ3n) is 3.79. The Morgan fingerprint density at radius 1 is 1.43 bits per heavy atom. The zero-order valence-corrected chi connectivity index (χ0v) is 14.9. The van der Waals surface area contributed by atoms with Gasteiger partial charge in [-0.25, -0.2) is 4.98 Å². The molecule has 1 saturated heterocycles. The standard InChI is InChI=1S/C16H23BrN4O2/c1-2-7-18-15(22)11-21-8-3-4-12(10-21)16(23)20-14-6-5-13(17)9-19-14/h5-6,9,12H,2-4,7-8,10-11H2,1H3,(H,18,22)(H,19,20,23). The van der Waals surface area contributed by atoms with Gasteiger partial charge >= 0.3 is 0 Å². The number of anilines is 1. The SMILES string of the molecule is CCCNC(=O)CN1CCCC(C(=O)Nc2ccc(Br)cn2)C1. The van der Waals surface area contributed by atoms with E-state index in [2.05, 4.69) is 31.5 Å². The largest absolute Gasteiger partial charge is 0.355 e. The van der Waals surface area contributed by atoms with Gasteiger partial charge in [0.2, 0.25) is 11.8 Å². The fraction of sp³-hybridized carbons (Fsp3) is 0.562. The molecular weight excluding hydrogens is 360 g/mol. The lowest BCUT2D eigenvalue weighted by Gasteiger charge is -2.31. The van der Waals surface area contributed by atoms with Gasteiger partial charge in [0.15, 0.2) is 0 Å². The van der Waals surface area contributed by atoms with Crippen molar-refractivity contribution in [2.75, 3.05) is 31.5 Å². The van der Waals surface area contributed by atoms with Crippen molar-refractivity contribution in [2.24, 2.45) is 5.92 Å². The van der Waals surface area contributed by atoms with Crippen LogP contribution in [0.2, 0.25) is 0 Å². The summed E-state index contributed by atoms with van der Waals surface area (Å²) in [6, 6.07) is 3.61. The van der Waals surface area contributed by atoms with Crippen LogP contribution in [0.25, 0.3) is 0 Å². The molecule has 0 saturated carbocycles. The summed E-state index contributed by atoms with van der Waals surface area (Å²) in [6.07, 6.45) is 4.35. The number of carbonyl (C=O) groups is 2. The first-order valence-electron chi connectivity index (χ1n) is 8.00. The summed E-state index contributed by atoms with van der Waals surface area (Å²) >= 11 is 3.32. The summed E-state index contributed by atoms with van der Waals surface area (Å²) in [7, 11) is 0. The fourth-order valence-corrected chi connectivity index (χ4v) is 2.85. The van der Waals surface area contributed by atoms with Crippen LogP contribution in [0.1, 0.15) is 26.2 Å². The second kappa shape index (κ2) is 8.98. The highest BCUT2D eigenvalue weighted by molar-refractivity contribution is 9.10. The van der Waals surface area contributed by atoms with Crippen molar-refractivity contribution in [3.8, 4) is 0 Å². The van der Waals surface area contributed by atoms with Gasteiger partial charge in [0.25, 0.3) is 0 Å². The predicted octanol–water partition coefficient (Wildman–Crippen LogP) is 2.02. The summed E-state index contributed by atoms with van der Waals surface area (Å²) in [4.78, 5) is 30.4. The molecule has 1 aromatic rings. The van der Waals surface area contributed by atoms with Crippen molar-refractivity contribution in [1.29, 1.82) is 0 Å². The zero-order chi connectivity index (χ0) is 16.7. The Kier molecular flexibility index (Phi) is 6.98. The topological polar surface area (TPSA) is 74.3 Å². The van der Waals surface area contributed by atoms with Crippen LogP contribution < -0.4 is 10.6 Å². The number of halogens is 1. The number of piperidine rings is 1. The third-order valence-corrected chi connectivity index (χ3v) is 4.26. The predicted molar refractivity (Wildman–Crippen MR) is 93.0 cm³/mol. The highest BCUT2D eigenvalue weighted by Gasteiger charge is 2.26. The highest BCUT2D eigenvalue weighted by Crippen LogP contribution is 2.18. The second-order valence-electron chi connectivity index (χ2n) is 5.78. The molecule has 2 N–H and O–H groups in total. The molecule has 6 nitrogen and oxygen atoms in total. The lowest BCUT2D eigenvalue weighted by Crippen LogP contribution is -2.45. The van der Waals surface area contributed by atoms with Gasteiger partial charge in [0, 0.05) is 23.8 Å². The van der Waals surface area contributed by atoms with Crippen LogP contribution in [-0.2, 0) is 9.59 Å². The third kappa shape index (κ3) is 5.91. The average Bonchev–Trinajstić information content (AvgIpc) is 2.55. The number of hydrogen-bond acceptors (Lipinski definition) is 4. The quantitative estimate of drug-likeness (QED) is 0.788. The van der Waals surface area contributed by atoms with E-state index in [0.717, 1.165) is 30.3 Å². The fourth-order valence-electron chi connectivity index (χ4n) is 2.61. The molecule has 126 valence electrons. The van der Waals surface area contributed by atoms with Crippen LogP contribution in [0.5, 0.6) is 0 Å². The average molecular weight is 383 g/mol. The van der Waals surface area contributed by atoms with E-state index in [0.29, 0.717) is 25.5 Å². The molecule has 1 fully saturated rings. The number of nitrogens with zero attached hydrogens (tertiary/aromatic N) is 2. The molecule has 23 heavy (non-hydrogen) atoms. The van der Waals surface area contributed by atoms with Gasteiger partial charge in [-0.15, -0.1) is 0 Å². The lowest BCUT2D eigenvalue weighted by molar-refractivity contribution is -0.125. The van der Waals surface area contributed by atoms with Crippen LogP contribution in [0.15, 0.2) is 22.8 Å². The molecule has 1 aliphatic rings. The van der Waals surface area contributed by atoms with Crippen molar-refractivity contribution in [1.82, 2.24) is 15.2 Å². The van der Waals surface area contributed by atoms with Gasteiger partial charge in [-0.1, -0.05) is 6.92 Å². The molecule has 2 heterocycles. The first-order chi connectivity index (χ1) is 11.1. The smallest absolute Gasteiger partial charge is 0.234 e. The number of likely N-dealkylation sites (tertiary alicyclic amines) is 1. The minimum absolute atomic E-state index is 0.0292.